The summed E-state index contributed by atoms with van der Waals surface area (Å²) in [7, 11) is 0. The van der Waals surface area contributed by atoms with Crippen LogP contribution in [0.15, 0.2) is 12.3 Å². The van der Waals surface area contributed by atoms with Gasteiger partial charge in [0.25, 0.3) is 5.91 Å². The summed E-state index contributed by atoms with van der Waals surface area (Å²) in [4.78, 5) is 12.1. The fourth-order valence-electron chi connectivity index (χ4n) is 1.81. The number of aryl methyl sites for hydroxylation is 1. The molecule has 1 unspecified atom stereocenters. The lowest BCUT2D eigenvalue weighted by Gasteiger charge is -2.13. The summed E-state index contributed by atoms with van der Waals surface area (Å²) in [5.74, 6) is 2.43. The van der Waals surface area contributed by atoms with Crippen molar-refractivity contribution >= 4 is 17.5 Å². The van der Waals surface area contributed by atoms with E-state index in [0.29, 0.717) is 10.7 Å². The molecule has 0 saturated heterocycles. The maximum absolute atomic E-state index is 12.1. The highest BCUT2D eigenvalue weighted by atomic mass is 35.5. The first-order chi connectivity index (χ1) is 8.62. The summed E-state index contributed by atoms with van der Waals surface area (Å²) in [5.41, 5.74) is 0.568. The first kappa shape index (κ1) is 14.7. The van der Waals surface area contributed by atoms with Crippen LogP contribution in [0.5, 0.6) is 0 Å². The normalized spacial score (nSPS) is 11.9. The molecule has 1 atom stereocenters. The Morgan fingerprint density at radius 1 is 1.56 bits per heavy atom. The van der Waals surface area contributed by atoms with Crippen molar-refractivity contribution in [1.29, 1.82) is 0 Å². The highest BCUT2D eigenvalue weighted by molar-refractivity contribution is 6.31. The molecule has 0 bridgehead atoms. The maximum atomic E-state index is 12.1. The van der Waals surface area contributed by atoms with Crippen molar-refractivity contribution in [1.82, 2.24) is 9.88 Å². The third kappa shape index (κ3) is 3.82. The van der Waals surface area contributed by atoms with Gasteiger partial charge in [0, 0.05) is 12.7 Å². The zero-order valence-electron chi connectivity index (χ0n) is 10.9. The molecule has 0 aliphatic rings. The zero-order chi connectivity index (χ0) is 13.5. The minimum atomic E-state index is -0.216. The van der Waals surface area contributed by atoms with Crippen LogP contribution in [0, 0.1) is 12.3 Å². The maximum Gasteiger partial charge on any atom is 0.268 e. The molecule has 1 N–H and O–H groups in total. The third-order valence-electron chi connectivity index (χ3n) is 2.64. The lowest BCUT2D eigenvalue weighted by molar-refractivity contribution is 0.0935. The molecule has 1 amide bonds. The van der Waals surface area contributed by atoms with E-state index in [2.05, 4.69) is 18.2 Å². The molecule has 0 aliphatic carbocycles. The molecular weight excluding hydrogens is 248 g/mol. The van der Waals surface area contributed by atoms with Crippen LogP contribution in [0.2, 0.25) is 5.02 Å². The van der Waals surface area contributed by atoms with Gasteiger partial charge in [0.2, 0.25) is 0 Å². The van der Waals surface area contributed by atoms with Gasteiger partial charge >= 0.3 is 0 Å². The van der Waals surface area contributed by atoms with Crippen LogP contribution in [0.1, 0.15) is 43.6 Å². The number of nitrogens with zero attached hydrogens (tertiary/aromatic N) is 1. The van der Waals surface area contributed by atoms with Crippen molar-refractivity contribution in [2.24, 2.45) is 0 Å². The van der Waals surface area contributed by atoms with Gasteiger partial charge in [-0.2, -0.15) is 0 Å². The minimum absolute atomic E-state index is 0.160. The van der Waals surface area contributed by atoms with Gasteiger partial charge in [-0.05, 0) is 18.9 Å². The van der Waals surface area contributed by atoms with Gasteiger partial charge in [-0.1, -0.05) is 37.8 Å². The first-order valence-electron chi connectivity index (χ1n) is 6.25. The summed E-state index contributed by atoms with van der Waals surface area (Å²) >= 11 is 5.94. The Morgan fingerprint density at radius 3 is 2.83 bits per heavy atom. The third-order valence-corrected chi connectivity index (χ3v) is 2.85. The number of halogens is 1. The van der Waals surface area contributed by atoms with E-state index in [4.69, 9.17) is 18.0 Å². The largest absolute Gasteiger partial charge is 0.342 e. The van der Waals surface area contributed by atoms with Gasteiger partial charge in [0.1, 0.15) is 5.69 Å². The Balaban J connectivity index is 2.80. The molecule has 0 spiro atoms. The summed E-state index contributed by atoms with van der Waals surface area (Å²) in [6, 6.07) is 1.46. The van der Waals surface area contributed by atoms with Crippen LogP contribution in [0.4, 0.5) is 0 Å². The number of nitrogens with one attached hydrogen (secondary N) is 1. The number of carbonyl (C=O) groups excluding carboxylic acids is 1. The van der Waals surface area contributed by atoms with Crippen LogP contribution >= 0.6 is 11.6 Å². The van der Waals surface area contributed by atoms with Crippen molar-refractivity contribution in [2.75, 3.05) is 0 Å². The quantitative estimate of drug-likeness (QED) is 0.789. The average Bonchev–Trinajstić information content (AvgIpc) is 2.70. The van der Waals surface area contributed by atoms with E-state index in [1.54, 1.807) is 12.3 Å². The van der Waals surface area contributed by atoms with E-state index < -0.39 is 0 Å². The first-order valence-corrected chi connectivity index (χ1v) is 6.62. The molecule has 0 aromatic carbocycles. The van der Waals surface area contributed by atoms with Crippen LogP contribution in [-0.4, -0.2) is 16.5 Å². The number of rotatable bonds is 6. The second-order valence-corrected chi connectivity index (χ2v) is 4.65. The number of hydrogen-bond acceptors (Lipinski definition) is 1. The zero-order valence-corrected chi connectivity index (χ0v) is 11.6. The Morgan fingerprint density at radius 2 is 2.28 bits per heavy atom. The predicted octanol–water partition coefficient (Wildman–Crippen LogP) is 3.08. The summed E-state index contributed by atoms with van der Waals surface area (Å²) in [5, 5.41) is 3.41. The number of terminal acetylenes is 1. The Hall–Kier alpha value is -1.40. The van der Waals surface area contributed by atoms with Gasteiger partial charge in [-0.25, -0.2) is 0 Å². The number of aromatic nitrogens is 1. The molecule has 1 heterocycles. The molecule has 98 valence electrons. The van der Waals surface area contributed by atoms with Gasteiger partial charge in [0.15, 0.2) is 0 Å². The fourth-order valence-corrected chi connectivity index (χ4v) is 2.03. The van der Waals surface area contributed by atoms with Gasteiger partial charge in [0.05, 0.1) is 11.1 Å². The molecular formula is C14H19ClN2O. The number of hydrogen-bond donors (Lipinski definition) is 1. The highest BCUT2D eigenvalue weighted by Gasteiger charge is 2.15. The Labute approximate surface area is 114 Å². The molecule has 1 rings (SSSR count). The van der Waals surface area contributed by atoms with Crippen molar-refractivity contribution < 1.29 is 4.79 Å². The Kier molecular flexibility index (Phi) is 5.80. The lowest BCUT2D eigenvalue weighted by Crippen LogP contribution is -2.34. The van der Waals surface area contributed by atoms with E-state index >= 15 is 0 Å². The van der Waals surface area contributed by atoms with Gasteiger partial charge in [-0.15, -0.1) is 6.42 Å². The van der Waals surface area contributed by atoms with Crippen LogP contribution < -0.4 is 5.32 Å². The van der Waals surface area contributed by atoms with Crippen molar-refractivity contribution in [3.05, 3.63) is 23.0 Å². The molecule has 0 saturated carbocycles. The second kappa shape index (κ2) is 7.13. The van der Waals surface area contributed by atoms with Crippen LogP contribution in [0.25, 0.3) is 0 Å². The van der Waals surface area contributed by atoms with E-state index in [-0.39, 0.29) is 11.9 Å². The van der Waals surface area contributed by atoms with Crippen molar-refractivity contribution in [3.8, 4) is 12.3 Å². The lowest BCUT2D eigenvalue weighted by atomic mass is 10.2. The van der Waals surface area contributed by atoms with Crippen molar-refractivity contribution in [3.63, 3.8) is 0 Å². The molecule has 0 radical (unpaired) electrons. The fraction of sp³-hybridized carbons (Fsp3) is 0.500. The summed E-state index contributed by atoms with van der Waals surface area (Å²) in [6.45, 7) is 4.86. The van der Waals surface area contributed by atoms with E-state index in [1.807, 2.05) is 11.5 Å². The summed E-state index contributed by atoms with van der Waals surface area (Å²) in [6.07, 6.45) is 9.82. The van der Waals surface area contributed by atoms with Crippen LogP contribution in [0.3, 0.4) is 0 Å². The van der Waals surface area contributed by atoms with Gasteiger partial charge in [-0.3, -0.25) is 4.79 Å². The average molecular weight is 267 g/mol. The molecule has 1 aromatic heterocycles. The highest BCUT2D eigenvalue weighted by Crippen LogP contribution is 2.15. The van der Waals surface area contributed by atoms with E-state index in [9.17, 15) is 4.79 Å². The van der Waals surface area contributed by atoms with Gasteiger partial charge < -0.3 is 9.88 Å². The summed E-state index contributed by atoms with van der Waals surface area (Å²) < 4.78 is 1.86. The van der Waals surface area contributed by atoms with Crippen molar-refractivity contribution in [2.45, 2.75) is 45.7 Å². The topological polar surface area (TPSA) is 34.0 Å². The molecule has 4 heteroatoms. The molecule has 3 nitrogen and oxygen atoms in total. The monoisotopic (exact) mass is 266 g/mol. The number of carbonyl (C=O) groups is 1. The molecule has 1 aromatic rings. The second-order valence-electron chi connectivity index (χ2n) is 4.22. The van der Waals surface area contributed by atoms with E-state index in [1.165, 1.54) is 0 Å². The molecule has 0 aliphatic heterocycles. The van der Waals surface area contributed by atoms with Crippen LogP contribution in [-0.2, 0) is 6.54 Å². The smallest absolute Gasteiger partial charge is 0.268 e. The molecule has 0 fully saturated rings. The standard InChI is InChI=1S/C14H19ClN2O/c1-4-7-12(6-3)16-14(18)13-9-11(15)10-17(13)8-5-2/h3,9-10,12H,4-5,7-8H2,1-2H3,(H,16,18). The minimum Gasteiger partial charge on any atom is -0.342 e. The number of amides is 1. The molecule has 18 heavy (non-hydrogen) atoms. The SMILES string of the molecule is C#CC(CCC)NC(=O)c1cc(Cl)cn1CCC. The predicted molar refractivity (Wildman–Crippen MR) is 74.7 cm³/mol. The Bertz CT molecular complexity index is 445. The van der Waals surface area contributed by atoms with E-state index in [0.717, 1.165) is 25.8 Å².